The van der Waals surface area contributed by atoms with Crippen molar-refractivity contribution in [3.8, 4) is 11.3 Å². The van der Waals surface area contributed by atoms with Crippen molar-refractivity contribution < 1.29 is 5.11 Å². The molecule has 2 aromatic heterocycles. The molecule has 0 aromatic carbocycles. The summed E-state index contributed by atoms with van der Waals surface area (Å²) in [7, 11) is 0. The first-order chi connectivity index (χ1) is 15.2. The number of hydrogen-bond acceptors (Lipinski definition) is 7. The van der Waals surface area contributed by atoms with E-state index in [0.717, 1.165) is 81.0 Å². The highest BCUT2D eigenvalue weighted by Gasteiger charge is 2.20. The van der Waals surface area contributed by atoms with Gasteiger partial charge in [0.1, 0.15) is 0 Å². The van der Waals surface area contributed by atoms with Crippen molar-refractivity contribution in [3.63, 3.8) is 0 Å². The van der Waals surface area contributed by atoms with E-state index < -0.39 is 0 Å². The van der Waals surface area contributed by atoms with Crippen LogP contribution in [0.1, 0.15) is 63.9 Å². The summed E-state index contributed by atoms with van der Waals surface area (Å²) in [4.78, 5) is 18.8. The number of unbranched alkanes of at least 4 members (excludes halogenated alkanes) is 1. The maximum Gasteiger partial charge on any atom is 0.224 e. The normalized spacial score (nSPS) is 18.8. The van der Waals surface area contributed by atoms with Gasteiger partial charge in [-0.05, 0) is 69.0 Å². The molecule has 3 N–H and O–H groups in total. The minimum Gasteiger partial charge on any atom is -0.393 e. The lowest BCUT2D eigenvalue weighted by Gasteiger charge is -2.18. The second-order valence-corrected chi connectivity index (χ2v) is 8.75. The van der Waals surface area contributed by atoms with Gasteiger partial charge in [0.15, 0.2) is 5.82 Å². The van der Waals surface area contributed by atoms with Crippen molar-refractivity contribution in [2.45, 2.75) is 70.9 Å². The number of aromatic nitrogens is 3. The molecule has 0 radical (unpaired) electrons. The van der Waals surface area contributed by atoms with Crippen LogP contribution in [0.15, 0.2) is 29.5 Å². The molecule has 0 unspecified atom stereocenters. The lowest BCUT2D eigenvalue weighted by Crippen LogP contribution is -2.17. The van der Waals surface area contributed by atoms with Crippen LogP contribution in [0.5, 0.6) is 0 Å². The molecule has 7 heteroatoms. The van der Waals surface area contributed by atoms with E-state index in [4.69, 9.17) is 9.98 Å². The first kappa shape index (κ1) is 21.8. The Balaban J connectivity index is 1.52. The van der Waals surface area contributed by atoms with Crippen LogP contribution in [0.2, 0.25) is 0 Å². The first-order valence-electron chi connectivity index (χ1n) is 11.7. The molecule has 2 aliphatic rings. The molecule has 2 aromatic rings. The van der Waals surface area contributed by atoms with Gasteiger partial charge in [-0.2, -0.15) is 4.98 Å². The van der Waals surface area contributed by atoms with Gasteiger partial charge < -0.3 is 15.7 Å². The third kappa shape index (κ3) is 6.55. The fraction of sp³-hybridized carbons (Fsp3) is 0.583. The molecule has 166 valence electrons. The average molecular weight is 423 g/mol. The Bertz CT molecular complexity index is 868. The summed E-state index contributed by atoms with van der Waals surface area (Å²) in [6, 6.07) is 4.15. The highest BCUT2D eigenvalue weighted by molar-refractivity contribution is 5.89. The maximum atomic E-state index is 9.81. The van der Waals surface area contributed by atoms with Crippen molar-refractivity contribution >= 4 is 17.5 Å². The van der Waals surface area contributed by atoms with Crippen molar-refractivity contribution in [1.29, 1.82) is 0 Å². The van der Waals surface area contributed by atoms with Gasteiger partial charge >= 0.3 is 0 Å². The molecule has 0 spiro atoms. The van der Waals surface area contributed by atoms with Gasteiger partial charge in [-0.25, -0.2) is 9.98 Å². The first-order valence-corrected chi connectivity index (χ1v) is 11.7. The number of anilines is 1. The van der Waals surface area contributed by atoms with Crippen LogP contribution in [-0.2, 0) is 6.54 Å². The van der Waals surface area contributed by atoms with E-state index in [1.54, 1.807) is 0 Å². The summed E-state index contributed by atoms with van der Waals surface area (Å²) < 4.78 is 0. The smallest absolute Gasteiger partial charge is 0.224 e. The maximum absolute atomic E-state index is 9.81. The number of nitrogens with zero attached hydrogens (tertiary/aromatic N) is 4. The molecule has 2 fully saturated rings. The number of nitrogens with one attached hydrogen (secondary N) is 2. The molecular weight excluding hydrogens is 388 g/mol. The zero-order valence-electron chi connectivity index (χ0n) is 18.5. The van der Waals surface area contributed by atoms with Crippen LogP contribution < -0.4 is 10.6 Å². The molecular formula is C24H34N6O. The van der Waals surface area contributed by atoms with Crippen LogP contribution in [0, 0.1) is 5.92 Å². The molecule has 31 heavy (non-hydrogen) atoms. The highest BCUT2D eigenvalue weighted by Crippen LogP contribution is 2.30. The second-order valence-electron chi connectivity index (χ2n) is 8.75. The number of hydrogen-bond donors (Lipinski definition) is 3. The number of pyridine rings is 1. The number of aliphatic imine (C=N–C) groups is 1. The van der Waals surface area contributed by atoms with Gasteiger partial charge in [0.2, 0.25) is 5.95 Å². The van der Waals surface area contributed by atoms with Crippen LogP contribution >= 0.6 is 0 Å². The van der Waals surface area contributed by atoms with Gasteiger partial charge in [-0.15, -0.1) is 0 Å². The molecule has 0 atom stereocenters. The zero-order valence-corrected chi connectivity index (χ0v) is 18.5. The molecule has 0 aliphatic heterocycles. The van der Waals surface area contributed by atoms with Gasteiger partial charge in [0.25, 0.3) is 0 Å². The lowest BCUT2D eigenvalue weighted by atomic mass is 9.96. The van der Waals surface area contributed by atoms with Crippen molar-refractivity contribution in [1.82, 2.24) is 20.3 Å². The summed E-state index contributed by atoms with van der Waals surface area (Å²) in [6.45, 7) is 4.95. The summed E-state index contributed by atoms with van der Waals surface area (Å²) >= 11 is 0. The standard InChI is InChI=1S/C24H34N6O/c1-2-3-12-26-24-28-16-21(23(30-24)29-19-7-9-20(31)10-8-19)22-11-6-18(15-27-22)14-25-13-17-4-5-17/h6,11,15-17,20,25,31H,2-5,7-10,12-14H2,1H3,(H,26,28,30). The molecule has 2 saturated carbocycles. The van der Waals surface area contributed by atoms with E-state index in [0.29, 0.717) is 11.8 Å². The van der Waals surface area contributed by atoms with E-state index in [1.165, 1.54) is 18.4 Å². The third-order valence-corrected chi connectivity index (χ3v) is 5.94. The Labute approximate surface area is 184 Å². The second kappa shape index (κ2) is 10.8. The fourth-order valence-corrected chi connectivity index (χ4v) is 3.73. The largest absolute Gasteiger partial charge is 0.393 e. The monoisotopic (exact) mass is 422 g/mol. The summed E-state index contributed by atoms with van der Waals surface area (Å²) in [6.07, 6.45) is 11.6. The minimum absolute atomic E-state index is 0.210. The quantitative estimate of drug-likeness (QED) is 0.495. The molecule has 2 aliphatic carbocycles. The summed E-state index contributed by atoms with van der Waals surface area (Å²) in [5.74, 6) is 2.14. The third-order valence-electron chi connectivity index (χ3n) is 5.94. The minimum atomic E-state index is -0.210. The lowest BCUT2D eigenvalue weighted by molar-refractivity contribution is 0.152. The van der Waals surface area contributed by atoms with E-state index >= 15 is 0 Å². The topological polar surface area (TPSA) is 95.3 Å². The van der Waals surface area contributed by atoms with Gasteiger partial charge in [0.05, 0.1) is 17.4 Å². The predicted octanol–water partition coefficient (Wildman–Crippen LogP) is 4.26. The summed E-state index contributed by atoms with van der Waals surface area (Å²) in [5, 5.41) is 16.6. The van der Waals surface area contributed by atoms with E-state index in [2.05, 4.69) is 33.6 Å². The fourth-order valence-electron chi connectivity index (χ4n) is 3.73. The Hall–Kier alpha value is -2.38. The molecule has 0 amide bonds. The molecule has 4 rings (SSSR count). The van der Waals surface area contributed by atoms with Crippen LogP contribution in [0.3, 0.4) is 0 Å². The number of aliphatic hydroxyl groups excluding tert-OH is 1. The zero-order chi connectivity index (χ0) is 21.5. The summed E-state index contributed by atoms with van der Waals surface area (Å²) in [5.41, 5.74) is 3.95. The Morgan fingerprint density at radius 1 is 1.10 bits per heavy atom. The van der Waals surface area contributed by atoms with Crippen LogP contribution in [0.25, 0.3) is 11.3 Å². The molecule has 0 saturated heterocycles. The van der Waals surface area contributed by atoms with Crippen molar-refractivity contribution in [2.75, 3.05) is 18.4 Å². The predicted molar refractivity (Wildman–Crippen MR) is 125 cm³/mol. The van der Waals surface area contributed by atoms with Crippen molar-refractivity contribution in [3.05, 3.63) is 30.1 Å². The van der Waals surface area contributed by atoms with Gasteiger partial charge in [-0.3, -0.25) is 4.98 Å². The Morgan fingerprint density at radius 2 is 1.94 bits per heavy atom. The molecule has 2 heterocycles. The van der Waals surface area contributed by atoms with Crippen molar-refractivity contribution in [2.24, 2.45) is 10.9 Å². The SMILES string of the molecule is CCCCNc1ncc(-c2ccc(CNCC3CC3)cn2)c(N=C2CCC(O)CC2)n1. The Kier molecular flexibility index (Phi) is 7.59. The van der Waals surface area contributed by atoms with E-state index in [9.17, 15) is 5.11 Å². The van der Waals surface area contributed by atoms with Gasteiger partial charge in [0, 0.05) is 31.2 Å². The van der Waals surface area contributed by atoms with Gasteiger partial charge in [-0.1, -0.05) is 19.4 Å². The Morgan fingerprint density at radius 3 is 2.65 bits per heavy atom. The number of rotatable bonds is 10. The van der Waals surface area contributed by atoms with E-state index in [-0.39, 0.29) is 6.10 Å². The van der Waals surface area contributed by atoms with Crippen LogP contribution in [-0.4, -0.2) is 45.0 Å². The molecule has 0 bridgehead atoms. The highest BCUT2D eigenvalue weighted by atomic mass is 16.3. The van der Waals surface area contributed by atoms with Crippen LogP contribution in [0.4, 0.5) is 11.8 Å². The average Bonchev–Trinajstić information content (AvgIpc) is 3.61. The molecule has 7 nitrogen and oxygen atoms in total. The van der Waals surface area contributed by atoms with E-state index in [1.807, 2.05) is 18.5 Å². The number of aliphatic hydroxyl groups is 1.